The highest BCUT2D eigenvalue weighted by molar-refractivity contribution is 5.95. The molecule has 0 saturated heterocycles. The Bertz CT molecular complexity index is 1050. The number of nitrogens with zero attached hydrogens (tertiary/aromatic N) is 5. The molecule has 0 saturated carbocycles. The van der Waals surface area contributed by atoms with Gasteiger partial charge in [-0.05, 0) is 19.1 Å². The fraction of sp³-hybridized carbons (Fsp3) is 0.364. The molecule has 0 fully saturated rings. The summed E-state index contributed by atoms with van der Waals surface area (Å²) in [5.41, 5.74) is 3.51. The number of amides is 1. The number of carbonyl (C=O) groups excluding carboxylic acids is 1. The molecule has 3 aromatic rings. The number of aryl methyl sites for hydroxylation is 1. The molecule has 9 nitrogen and oxygen atoms in total. The van der Waals surface area contributed by atoms with Gasteiger partial charge in [-0.15, -0.1) is 0 Å². The van der Waals surface area contributed by atoms with Gasteiger partial charge in [-0.25, -0.2) is 4.98 Å². The number of fused-ring (bicyclic) bond motifs is 1. The van der Waals surface area contributed by atoms with E-state index in [9.17, 15) is 4.79 Å². The lowest BCUT2D eigenvalue weighted by Gasteiger charge is -2.28. The van der Waals surface area contributed by atoms with Gasteiger partial charge in [-0.2, -0.15) is 5.10 Å². The Morgan fingerprint density at radius 3 is 2.55 bits per heavy atom. The Kier molecular flexibility index (Phi) is 6.01. The predicted octanol–water partition coefficient (Wildman–Crippen LogP) is 2.49. The van der Waals surface area contributed by atoms with E-state index < -0.39 is 0 Å². The van der Waals surface area contributed by atoms with Crippen LogP contribution in [0.5, 0.6) is 17.4 Å². The van der Waals surface area contributed by atoms with Gasteiger partial charge in [-0.3, -0.25) is 14.5 Å². The van der Waals surface area contributed by atoms with E-state index in [-0.39, 0.29) is 12.5 Å². The van der Waals surface area contributed by atoms with Crippen LogP contribution in [0.4, 0.5) is 0 Å². The van der Waals surface area contributed by atoms with Crippen molar-refractivity contribution in [3.8, 4) is 17.4 Å². The molecule has 0 unspecified atom stereocenters. The van der Waals surface area contributed by atoms with Gasteiger partial charge in [-0.1, -0.05) is 0 Å². The lowest BCUT2D eigenvalue weighted by Crippen LogP contribution is -2.36. The van der Waals surface area contributed by atoms with Crippen molar-refractivity contribution in [1.29, 1.82) is 0 Å². The van der Waals surface area contributed by atoms with E-state index in [1.165, 1.54) is 0 Å². The number of methoxy groups -OCH3 is 2. The number of rotatable bonds is 7. The first-order valence-corrected chi connectivity index (χ1v) is 10.1. The lowest BCUT2D eigenvalue weighted by molar-refractivity contribution is 0.0731. The molecule has 0 atom stereocenters. The summed E-state index contributed by atoms with van der Waals surface area (Å²) >= 11 is 0. The molecule has 162 valence electrons. The molecule has 31 heavy (non-hydrogen) atoms. The number of hydrogen-bond donors (Lipinski definition) is 0. The minimum Gasteiger partial charge on any atom is -0.497 e. The summed E-state index contributed by atoms with van der Waals surface area (Å²) in [7, 11) is 3.14. The highest BCUT2D eigenvalue weighted by atomic mass is 16.5. The van der Waals surface area contributed by atoms with Crippen LogP contribution in [0.1, 0.15) is 34.2 Å². The maximum Gasteiger partial charge on any atom is 0.254 e. The van der Waals surface area contributed by atoms with Crippen LogP contribution >= 0.6 is 0 Å². The van der Waals surface area contributed by atoms with E-state index in [2.05, 4.69) is 16.9 Å². The number of benzene rings is 1. The van der Waals surface area contributed by atoms with Gasteiger partial charge in [0, 0.05) is 61.3 Å². The van der Waals surface area contributed by atoms with Crippen molar-refractivity contribution in [3.05, 3.63) is 59.3 Å². The Morgan fingerprint density at radius 2 is 1.90 bits per heavy atom. The number of aromatic nitrogens is 4. The molecule has 9 heteroatoms. The summed E-state index contributed by atoms with van der Waals surface area (Å²) in [5, 5.41) is 4.71. The molecule has 1 aliphatic heterocycles. The highest BCUT2D eigenvalue weighted by Gasteiger charge is 2.28. The molecule has 0 bridgehead atoms. The van der Waals surface area contributed by atoms with E-state index in [0.29, 0.717) is 36.0 Å². The van der Waals surface area contributed by atoms with Gasteiger partial charge in [0.05, 0.1) is 20.4 Å². The smallest absolute Gasteiger partial charge is 0.254 e. The Labute approximate surface area is 180 Å². The summed E-state index contributed by atoms with van der Waals surface area (Å²) in [4.78, 5) is 23.2. The van der Waals surface area contributed by atoms with E-state index in [1.54, 1.807) is 51.0 Å². The van der Waals surface area contributed by atoms with Crippen molar-refractivity contribution in [2.45, 2.75) is 33.0 Å². The van der Waals surface area contributed by atoms with E-state index >= 15 is 0 Å². The van der Waals surface area contributed by atoms with Crippen molar-refractivity contribution in [2.75, 3.05) is 20.8 Å². The topological polar surface area (TPSA) is 91.6 Å². The first-order chi connectivity index (χ1) is 15.1. The van der Waals surface area contributed by atoms with E-state index in [1.807, 2.05) is 9.58 Å². The first kappa shape index (κ1) is 20.6. The second-order valence-corrected chi connectivity index (χ2v) is 7.10. The summed E-state index contributed by atoms with van der Waals surface area (Å²) in [5.74, 6) is 1.52. The van der Waals surface area contributed by atoms with E-state index in [4.69, 9.17) is 19.3 Å². The fourth-order valence-corrected chi connectivity index (χ4v) is 3.73. The van der Waals surface area contributed by atoms with Crippen molar-refractivity contribution < 1.29 is 19.0 Å². The van der Waals surface area contributed by atoms with Gasteiger partial charge in [0.2, 0.25) is 5.88 Å². The van der Waals surface area contributed by atoms with E-state index in [0.717, 1.165) is 29.9 Å². The zero-order chi connectivity index (χ0) is 21.8. The van der Waals surface area contributed by atoms with Gasteiger partial charge >= 0.3 is 0 Å². The summed E-state index contributed by atoms with van der Waals surface area (Å²) in [6, 6.07) is 5.21. The van der Waals surface area contributed by atoms with Gasteiger partial charge in [0.1, 0.15) is 23.8 Å². The molecular formula is C22H25N5O4. The monoisotopic (exact) mass is 423 g/mol. The SMILES string of the molecule is CCn1nc(COc2cnccn2)c2c1CCN(C(=O)c1cc(OC)cc(OC)c1)C2. The van der Waals surface area contributed by atoms with Gasteiger partial charge in [0.15, 0.2) is 0 Å². The Balaban J connectivity index is 1.57. The van der Waals surface area contributed by atoms with Crippen LogP contribution in [-0.4, -0.2) is 51.3 Å². The second kappa shape index (κ2) is 9.03. The zero-order valence-electron chi connectivity index (χ0n) is 17.9. The first-order valence-electron chi connectivity index (χ1n) is 10.1. The molecule has 1 aliphatic rings. The normalized spacial score (nSPS) is 12.9. The van der Waals surface area contributed by atoms with Crippen molar-refractivity contribution in [1.82, 2.24) is 24.6 Å². The van der Waals surface area contributed by atoms with Crippen LogP contribution in [0.15, 0.2) is 36.8 Å². The minimum atomic E-state index is -0.0760. The second-order valence-electron chi connectivity index (χ2n) is 7.10. The van der Waals surface area contributed by atoms with Crippen LogP contribution in [-0.2, 0) is 26.1 Å². The number of ether oxygens (including phenoxy) is 3. The van der Waals surface area contributed by atoms with Crippen LogP contribution in [0.25, 0.3) is 0 Å². The Morgan fingerprint density at radius 1 is 1.13 bits per heavy atom. The molecule has 0 aliphatic carbocycles. The average molecular weight is 423 g/mol. The van der Waals surface area contributed by atoms with Crippen LogP contribution in [0.2, 0.25) is 0 Å². The van der Waals surface area contributed by atoms with Crippen molar-refractivity contribution in [2.24, 2.45) is 0 Å². The number of hydrogen-bond acceptors (Lipinski definition) is 7. The molecule has 0 spiro atoms. The lowest BCUT2D eigenvalue weighted by atomic mass is 10.0. The minimum absolute atomic E-state index is 0.0760. The van der Waals surface area contributed by atoms with Gasteiger partial charge in [0.25, 0.3) is 5.91 Å². The quantitative estimate of drug-likeness (QED) is 0.576. The standard InChI is InChI=1S/C22H25N5O4/c1-4-27-20-5-8-26(22(28)15-9-16(29-2)11-17(10-15)30-3)13-18(20)19(25-27)14-31-21-12-23-6-7-24-21/h6-7,9-12H,4-5,8,13-14H2,1-3H3. The molecule has 2 aromatic heterocycles. The third-order valence-corrected chi connectivity index (χ3v) is 5.30. The third kappa shape index (κ3) is 4.30. The molecule has 3 heterocycles. The third-order valence-electron chi connectivity index (χ3n) is 5.30. The summed E-state index contributed by atoms with van der Waals surface area (Å²) < 4.78 is 18.4. The Hall–Kier alpha value is -3.62. The molecule has 0 radical (unpaired) electrons. The number of carbonyl (C=O) groups is 1. The summed E-state index contributed by atoms with van der Waals surface area (Å²) in [6.45, 7) is 4.16. The molecule has 0 N–H and O–H groups in total. The predicted molar refractivity (Wildman–Crippen MR) is 112 cm³/mol. The average Bonchev–Trinajstić information content (AvgIpc) is 3.19. The van der Waals surface area contributed by atoms with Crippen LogP contribution < -0.4 is 14.2 Å². The van der Waals surface area contributed by atoms with Crippen LogP contribution in [0.3, 0.4) is 0 Å². The maximum atomic E-state index is 13.3. The highest BCUT2D eigenvalue weighted by Crippen LogP contribution is 2.28. The maximum absolute atomic E-state index is 13.3. The molecular weight excluding hydrogens is 398 g/mol. The fourth-order valence-electron chi connectivity index (χ4n) is 3.73. The van der Waals surface area contributed by atoms with Crippen LogP contribution in [0, 0.1) is 0 Å². The van der Waals surface area contributed by atoms with Crippen molar-refractivity contribution >= 4 is 5.91 Å². The summed E-state index contributed by atoms with van der Waals surface area (Å²) in [6.07, 6.45) is 5.47. The van der Waals surface area contributed by atoms with Crippen molar-refractivity contribution in [3.63, 3.8) is 0 Å². The molecule has 4 rings (SSSR count). The zero-order valence-corrected chi connectivity index (χ0v) is 17.9. The molecule has 1 amide bonds. The molecule has 1 aromatic carbocycles. The largest absolute Gasteiger partial charge is 0.497 e. The van der Waals surface area contributed by atoms with Gasteiger partial charge < -0.3 is 19.1 Å².